The van der Waals surface area contributed by atoms with E-state index >= 15 is 0 Å². The van der Waals surface area contributed by atoms with Crippen LogP contribution in [0.2, 0.25) is 5.15 Å². The predicted octanol–water partition coefficient (Wildman–Crippen LogP) is 2.34. The molecule has 2 aromatic heterocycles. The number of halogens is 1. The van der Waals surface area contributed by atoms with E-state index in [2.05, 4.69) is 28.1 Å². The summed E-state index contributed by atoms with van der Waals surface area (Å²) in [7, 11) is 0. The minimum absolute atomic E-state index is 0.135. The minimum Gasteiger partial charge on any atom is -0.381 e. The Morgan fingerprint density at radius 3 is 2.95 bits per heavy atom. The van der Waals surface area contributed by atoms with Crippen molar-refractivity contribution in [3.8, 4) is 6.07 Å². The van der Waals surface area contributed by atoms with E-state index in [9.17, 15) is 0 Å². The molecule has 1 aliphatic heterocycles. The van der Waals surface area contributed by atoms with Crippen LogP contribution in [-0.4, -0.2) is 33.0 Å². The fourth-order valence-electron chi connectivity index (χ4n) is 2.64. The molecule has 0 saturated carbocycles. The van der Waals surface area contributed by atoms with Crippen molar-refractivity contribution in [2.75, 3.05) is 13.2 Å². The molecule has 0 aromatic carbocycles. The summed E-state index contributed by atoms with van der Waals surface area (Å²) in [6, 6.07) is 2.20. The summed E-state index contributed by atoms with van der Waals surface area (Å²) in [5.74, 6) is 0.458. The van der Waals surface area contributed by atoms with Crippen LogP contribution < -0.4 is 0 Å². The van der Waals surface area contributed by atoms with Gasteiger partial charge in [0.15, 0.2) is 11.3 Å². The van der Waals surface area contributed by atoms with Crippen LogP contribution in [0.5, 0.6) is 0 Å². The Hall–Kier alpha value is -1.71. The van der Waals surface area contributed by atoms with Crippen molar-refractivity contribution >= 4 is 22.8 Å². The monoisotopic (exact) mass is 291 g/mol. The van der Waals surface area contributed by atoms with Crippen LogP contribution in [0.3, 0.4) is 0 Å². The topological polar surface area (TPSA) is 76.6 Å². The highest BCUT2D eigenvalue weighted by Gasteiger charge is 2.26. The molecule has 104 valence electrons. The van der Waals surface area contributed by atoms with Crippen LogP contribution >= 0.6 is 11.6 Å². The third kappa shape index (κ3) is 2.23. The van der Waals surface area contributed by atoms with Crippen molar-refractivity contribution in [2.24, 2.45) is 5.92 Å². The van der Waals surface area contributed by atoms with Gasteiger partial charge < -0.3 is 4.74 Å². The standard InChI is InChI=1S/C13H14ClN5O/c1-8(9-2-4-20-5-3-9)19-13-12(10(6-15)18-19)16-7-11(14)17-13/h7-9H,2-5H2,1H3. The van der Waals surface area contributed by atoms with Gasteiger partial charge in [0.25, 0.3) is 0 Å². The van der Waals surface area contributed by atoms with Crippen molar-refractivity contribution in [3.63, 3.8) is 0 Å². The second-order valence-corrected chi connectivity index (χ2v) is 5.35. The normalized spacial score (nSPS) is 18.1. The van der Waals surface area contributed by atoms with E-state index in [-0.39, 0.29) is 6.04 Å². The summed E-state index contributed by atoms with van der Waals surface area (Å²) in [6.45, 7) is 3.63. The second kappa shape index (κ2) is 5.35. The number of ether oxygens (including phenoxy) is 1. The van der Waals surface area contributed by atoms with Crippen LogP contribution in [0.4, 0.5) is 0 Å². The SMILES string of the molecule is CC(C1CCOCC1)n1nc(C#N)c2ncc(Cl)nc21. The molecule has 1 unspecified atom stereocenters. The van der Waals surface area contributed by atoms with Gasteiger partial charge in [-0.25, -0.2) is 14.6 Å². The first-order chi connectivity index (χ1) is 9.70. The quantitative estimate of drug-likeness (QED) is 0.849. The molecule has 0 bridgehead atoms. The molecule has 0 spiro atoms. The summed E-state index contributed by atoms with van der Waals surface area (Å²) in [6.07, 6.45) is 3.41. The summed E-state index contributed by atoms with van der Waals surface area (Å²) >= 11 is 5.92. The lowest BCUT2D eigenvalue weighted by molar-refractivity contribution is 0.0501. The maximum absolute atomic E-state index is 9.16. The predicted molar refractivity (Wildman–Crippen MR) is 73.3 cm³/mol. The van der Waals surface area contributed by atoms with Gasteiger partial charge in [-0.1, -0.05) is 11.6 Å². The van der Waals surface area contributed by atoms with E-state index in [1.54, 1.807) is 4.68 Å². The van der Waals surface area contributed by atoms with Gasteiger partial charge in [0.05, 0.1) is 12.2 Å². The fourth-order valence-corrected chi connectivity index (χ4v) is 2.77. The molecular formula is C13H14ClN5O. The van der Waals surface area contributed by atoms with E-state index in [1.807, 2.05) is 0 Å². The molecule has 3 heterocycles. The summed E-state index contributed by atoms with van der Waals surface area (Å²) in [5, 5.41) is 13.8. The molecule has 1 aliphatic rings. The molecule has 6 nitrogen and oxygen atoms in total. The van der Waals surface area contributed by atoms with Gasteiger partial charge in [-0.2, -0.15) is 10.4 Å². The summed E-state index contributed by atoms with van der Waals surface area (Å²) in [5.41, 5.74) is 1.38. The largest absolute Gasteiger partial charge is 0.381 e. The zero-order valence-electron chi connectivity index (χ0n) is 11.1. The Labute approximate surface area is 121 Å². The summed E-state index contributed by atoms with van der Waals surface area (Å²) < 4.78 is 7.17. The van der Waals surface area contributed by atoms with Gasteiger partial charge in [-0.3, -0.25) is 0 Å². The van der Waals surface area contributed by atoms with Crippen LogP contribution in [0, 0.1) is 17.2 Å². The Kier molecular flexibility index (Phi) is 3.55. The lowest BCUT2D eigenvalue weighted by atomic mass is 9.93. The molecule has 7 heteroatoms. The average molecular weight is 292 g/mol. The van der Waals surface area contributed by atoms with Gasteiger partial charge in [0, 0.05) is 13.2 Å². The van der Waals surface area contributed by atoms with Crippen molar-refractivity contribution in [2.45, 2.75) is 25.8 Å². The average Bonchev–Trinajstić information content (AvgIpc) is 2.85. The van der Waals surface area contributed by atoms with E-state index in [1.165, 1.54) is 6.20 Å². The highest BCUT2D eigenvalue weighted by molar-refractivity contribution is 6.29. The zero-order valence-corrected chi connectivity index (χ0v) is 11.8. The number of nitrogens with zero attached hydrogens (tertiary/aromatic N) is 5. The molecule has 3 rings (SSSR count). The second-order valence-electron chi connectivity index (χ2n) is 4.96. The van der Waals surface area contributed by atoms with Crippen molar-refractivity contribution in [1.82, 2.24) is 19.7 Å². The highest BCUT2D eigenvalue weighted by Crippen LogP contribution is 2.30. The zero-order chi connectivity index (χ0) is 14.1. The van der Waals surface area contributed by atoms with Gasteiger partial charge in [0.1, 0.15) is 16.7 Å². The fraction of sp³-hybridized carbons (Fsp3) is 0.538. The number of hydrogen-bond acceptors (Lipinski definition) is 5. The van der Waals surface area contributed by atoms with Crippen molar-refractivity contribution < 1.29 is 4.74 Å². The first-order valence-corrected chi connectivity index (χ1v) is 6.97. The van der Waals surface area contributed by atoms with E-state index < -0.39 is 0 Å². The minimum atomic E-state index is 0.135. The molecule has 0 radical (unpaired) electrons. The van der Waals surface area contributed by atoms with E-state index in [0.29, 0.717) is 27.9 Å². The Bertz CT molecular complexity index is 671. The van der Waals surface area contributed by atoms with Gasteiger partial charge in [-0.05, 0) is 25.7 Å². The molecule has 1 saturated heterocycles. The first kappa shape index (κ1) is 13.3. The third-order valence-electron chi connectivity index (χ3n) is 3.81. The molecule has 1 atom stereocenters. The van der Waals surface area contributed by atoms with Gasteiger partial charge >= 0.3 is 0 Å². The lowest BCUT2D eigenvalue weighted by Gasteiger charge is -2.27. The third-order valence-corrected chi connectivity index (χ3v) is 4.00. The molecule has 1 fully saturated rings. The highest BCUT2D eigenvalue weighted by atomic mass is 35.5. The van der Waals surface area contributed by atoms with Crippen LogP contribution in [0.15, 0.2) is 6.20 Å². The maximum Gasteiger partial charge on any atom is 0.190 e. The molecule has 0 N–H and O–H groups in total. The number of fused-ring (bicyclic) bond motifs is 1. The van der Waals surface area contributed by atoms with E-state index in [4.69, 9.17) is 21.6 Å². The van der Waals surface area contributed by atoms with Crippen molar-refractivity contribution in [1.29, 1.82) is 5.26 Å². The van der Waals surface area contributed by atoms with Gasteiger partial charge in [-0.15, -0.1) is 0 Å². The summed E-state index contributed by atoms with van der Waals surface area (Å²) in [4.78, 5) is 8.46. The lowest BCUT2D eigenvalue weighted by Crippen LogP contribution is -2.25. The Balaban J connectivity index is 2.06. The molecule has 0 amide bonds. The smallest absolute Gasteiger partial charge is 0.190 e. The van der Waals surface area contributed by atoms with Crippen LogP contribution in [-0.2, 0) is 4.74 Å². The first-order valence-electron chi connectivity index (χ1n) is 6.59. The number of rotatable bonds is 2. The number of aromatic nitrogens is 4. The maximum atomic E-state index is 9.16. The number of hydrogen-bond donors (Lipinski definition) is 0. The molecular weight excluding hydrogens is 278 g/mol. The van der Waals surface area contributed by atoms with E-state index in [0.717, 1.165) is 26.1 Å². The molecule has 20 heavy (non-hydrogen) atoms. The van der Waals surface area contributed by atoms with Crippen LogP contribution in [0.25, 0.3) is 11.2 Å². The molecule has 0 aliphatic carbocycles. The Morgan fingerprint density at radius 2 is 2.25 bits per heavy atom. The van der Waals surface area contributed by atoms with Gasteiger partial charge in [0.2, 0.25) is 0 Å². The Morgan fingerprint density at radius 1 is 1.50 bits per heavy atom. The van der Waals surface area contributed by atoms with Crippen LogP contribution in [0.1, 0.15) is 31.5 Å². The molecule has 2 aromatic rings. The van der Waals surface area contributed by atoms with Crippen molar-refractivity contribution in [3.05, 3.63) is 17.0 Å². The number of nitriles is 1.